The van der Waals surface area contributed by atoms with E-state index in [1.807, 2.05) is 24.3 Å². The van der Waals surface area contributed by atoms with Crippen LogP contribution in [0, 0.1) is 0 Å². The van der Waals surface area contributed by atoms with Crippen LogP contribution in [0.1, 0.15) is 5.56 Å². The van der Waals surface area contributed by atoms with Gasteiger partial charge in [-0.1, -0.05) is 30.0 Å². The fourth-order valence-corrected chi connectivity index (χ4v) is 2.28. The first kappa shape index (κ1) is 13.6. The normalized spacial score (nSPS) is 10.6. The molecule has 0 aliphatic heterocycles. The zero-order valence-electron chi connectivity index (χ0n) is 10.3. The van der Waals surface area contributed by atoms with Gasteiger partial charge in [-0.05, 0) is 6.07 Å². The average molecular weight is 279 g/mol. The van der Waals surface area contributed by atoms with Gasteiger partial charge < -0.3 is 9.84 Å². The lowest BCUT2D eigenvalue weighted by molar-refractivity contribution is -0.133. The second kappa shape index (κ2) is 6.35. The summed E-state index contributed by atoms with van der Waals surface area (Å²) in [6.45, 7) is 0.470. The molecule has 2 aromatic rings. The quantitative estimate of drug-likeness (QED) is 0.809. The second-order valence-corrected chi connectivity index (χ2v) is 4.67. The minimum Gasteiger partial charge on any atom is -0.481 e. The maximum atomic E-state index is 10.6. The minimum atomic E-state index is -0.885. The van der Waals surface area contributed by atoms with Gasteiger partial charge in [-0.2, -0.15) is 0 Å². The number of nitrogens with zero attached hydrogens (tertiary/aromatic N) is 3. The molecule has 0 fully saturated rings. The molecule has 0 unspecified atom stereocenters. The monoisotopic (exact) mass is 279 g/mol. The molecule has 0 aliphatic carbocycles. The molecule has 1 heterocycles. The summed E-state index contributed by atoms with van der Waals surface area (Å²) in [5, 5.41) is 17.0. The number of para-hydroxylation sites is 1. The number of carboxylic acids is 1. The number of aromatic nitrogens is 3. The summed E-state index contributed by atoms with van der Waals surface area (Å²) in [7, 11) is 1.63. The Hall–Kier alpha value is -1.86. The first-order valence-corrected chi connectivity index (χ1v) is 6.52. The molecule has 0 radical (unpaired) electrons. The van der Waals surface area contributed by atoms with E-state index in [0.29, 0.717) is 11.8 Å². The Morgan fingerprint density at radius 2 is 2.26 bits per heavy atom. The van der Waals surface area contributed by atoms with Crippen LogP contribution in [0.2, 0.25) is 0 Å². The van der Waals surface area contributed by atoms with Crippen LogP contribution in [0.4, 0.5) is 0 Å². The number of ether oxygens (including phenoxy) is 1. The van der Waals surface area contributed by atoms with Gasteiger partial charge in [0.25, 0.3) is 0 Å². The molecule has 1 aromatic heterocycles. The Balaban J connectivity index is 2.31. The van der Waals surface area contributed by atoms with Crippen molar-refractivity contribution in [3.05, 3.63) is 36.2 Å². The van der Waals surface area contributed by atoms with E-state index >= 15 is 0 Å². The average Bonchev–Trinajstić information content (AvgIpc) is 2.85. The topological polar surface area (TPSA) is 77.2 Å². The highest BCUT2D eigenvalue weighted by Crippen LogP contribution is 2.22. The van der Waals surface area contributed by atoms with E-state index in [4.69, 9.17) is 9.84 Å². The first-order chi connectivity index (χ1) is 9.22. The number of benzene rings is 1. The van der Waals surface area contributed by atoms with Gasteiger partial charge in [0.1, 0.15) is 6.33 Å². The second-order valence-electron chi connectivity index (χ2n) is 3.73. The molecule has 19 heavy (non-hydrogen) atoms. The zero-order valence-corrected chi connectivity index (χ0v) is 11.1. The van der Waals surface area contributed by atoms with Crippen LogP contribution >= 0.6 is 11.8 Å². The minimum absolute atomic E-state index is 0.0505. The number of carbonyl (C=O) groups is 1. The summed E-state index contributed by atoms with van der Waals surface area (Å²) in [6.07, 6.45) is 1.57. The highest BCUT2D eigenvalue weighted by atomic mass is 32.2. The van der Waals surface area contributed by atoms with Crippen LogP contribution in [0.5, 0.6) is 0 Å². The smallest absolute Gasteiger partial charge is 0.313 e. The number of aliphatic carboxylic acids is 1. The largest absolute Gasteiger partial charge is 0.481 e. The van der Waals surface area contributed by atoms with Crippen molar-refractivity contribution in [2.75, 3.05) is 12.9 Å². The van der Waals surface area contributed by atoms with Crippen molar-refractivity contribution in [2.45, 2.75) is 11.8 Å². The molecule has 0 saturated heterocycles. The summed E-state index contributed by atoms with van der Waals surface area (Å²) in [5.74, 6) is -0.935. The van der Waals surface area contributed by atoms with E-state index in [1.54, 1.807) is 18.0 Å². The lowest BCUT2D eigenvalue weighted by atomic mass is 10.2. The molecule has 2 rings (SSSR count). The van der Waals surface area contributed by atoms with Crippen LogP contribution in [-0.2, 0) is 16.1 Å². The maximum Gasteiger partial charge on any atom is 0.313 e. The van der Waals surface area contributed by atoms with Crippen molar-refractivity contribution >= 4 is 17.7 Å². The van der Waals surface area contributed by atoms with Crippen LogP contribution < -0.4 is 0 Å². The molecule has 6 nitrogen and oxygen atoms in total. The Bertz CT molecular complexity index is 571. The Morgan fingerprint density at radius 1 is 1.47 bits per heavy atom. The molecule has 1 N–H and O–H groups in total. The first-order valence-electron chi connectivity index (χ1n) is 5.54. The van der Waals surface area contributed by atoms with Gasteiger partial charge in [0, 0.05) is 12.7 Å². The van der Waals surface area contributed by atoms with Crippen molar-refractivity contribution < 1.29 is 14.6 Å². The SMILES string of the molecule is COCc1ccccc1-n1cnnc1SCC(=O)O. The van der Waals surface area contributed by atoms with Crippen LogP contribution in [0.15, 0.2) is 35.7 Å². The van der Waals surface area contributed by atoms with E-state index in [0.717, 1.165) is 23.0 Å². The number of thioether (sulfide) groups is 1. The zero-order chi connectivity index (χ0) is 13.7. The van der Waals surface area contributed by atoms with Crippen LogP contribution in [0.25, 0.3) is 5.69 Å². The van der Waals surface area contributed by atoms with Crippen molar-refractivity contribution in [1.29, 1.82) is 0 Å². The number of rotatable bonds is 6. The molecule has 1 aromatic carbocycles. The van der Waals surface area contributed by atoms with E-state index in [1.165, 1.54) is 0 Å². The lowest BCUT2D eigenvalue weighted by Crippen LogP contribution is -2.04. The molecule has 7 heteroatoms. The summed E-state index contributed by atoms with van der Waals surface area (Å²) in [4.78, 5) is 10.6. The summed E-state index contributed by atoms with van der Waals surface area (Å²) >= 11 is 1.13. The summed E-state index contributed by atoms with van der Waals surface area (Å²) < 4.78 is 6.92. The van der Waals surface area contributed by atoms with Crippen molar-refractivity contribution in [3.63, 3.8) is 0 Å². The van der Waals surface area contributed by atoms with Crippen molar-refractivity contribution in [1.82, 2.24) is 14.8 Å². The number of carboxylic acid groups (broad SMARTS) is 1. The van der Waals surface area contributed by atoms with Gasteiger partial charge in [-0.3, -0.25) is 9.36 Å². The third-order valence-corrected chi connectivity index (χ3v) is 3.32. The van der Waals surface area contributed by atoms with Gasteiger partial charge in [-0.15, -0.1) is 10.2 Å². The standard InChI is InChI=1S/C12H13N3O3S/c1-18-6-9-4-2-3-5-10(9)15-8-13-14-12(15)19-7-11(16)17/h2-5,8H,6-7H2,1H3,(H,16,17). The highest BCUT2D eigenvalue weighted by Gasteiger charge is 2.11. The number of methoxy groups -OCH3 is 1. The molecule has 0 aliphatic rings. The molecular formula is C12H13N3O3S. The molecule has 100 valence electrons. The molecule has 0 spiro atoms. The van der Waals surface area contributed by atoms with Crippen LogP contribution in [0.3, 0.4) is 0 Å². The number of hydrogen-bond acceptors (Lipinski definition) is 5. The molecule has 0 amide bonds. The Labute approximate surface area is 114 Å². The Kier molecular flexibility index (Phi) is 4.53. The number of hydrogen-bond donors (Lipinski definition) is 1. The van der Waals surface area contributed by atoms with Crippen molar-refractivity contribution in [2.24, 2.45) is 0 Å². The van der Waals surface area contributed by atoms with Crippen molar-refractivity contribution in [3.8, 4) is 5.69 Å². The molecule has 0 atom stereocenters. The maximum absolute atomic E-state index is 10.6. The van der Waals surface area contributed by atoms with Gasteiger partial charge in [0.05, 0.1) is 18.0 Å². The van der Waals surface area contributed by atoms with Gasteiger partial charge >= 0.3 is 5.97 Å². The highest BCUT2D eigenvalue weighted by molar-refractivity contribution is 7.99. The predicted octanol–water partition coefficient (Wildman–Crippen LogP) is 1.59. The third kappa shape index (κ3) is 3.33. The van der Waals surface area contributed by atoms with Crippen LogP contribution in [-0.4, -0.2) is 38.7 Å². The predicted molar refractivity (Wildman–Crippen MR) is 70.4 cm³/mol. The Morgan fingerprint density at radius 3 is 3.00 bits per heavy atom. The van der Waals surface area contributed by atoms with Gasteiger partial charge in [-0.25, -0.2) is 0 Å². The fourth-order valence-electron chi connectivity index (χ4n) is 1.64. The van der Waals surface area contributed by atoms with Gasteiger partial charge in [0.2, 0.25) is 0 Å². The van der Waals surface area contributed by atoms with E-state index < -0.39 is 5.97 Å². The van der Waals surface area contributed by atoms with E-state index in [-0.39, 0.29) is 5.75 Å². The molecule has 0 bridgehead atoms. The fraction of sp³-hybridized carbons (Fsp3) is 0.250. The van der Waals surface area contributed by atoms with E-state index in [2.05, 4.69) is 10.2 Å². The molecular weight excluding hydrogens is 266 g/mol. The summed E-state index contributed by atoms with van der Waals surface area (Å²) in [6, 6.07) is 7.69. The summed E-state index contributed by atoms with van der Waals surface area (Å²) in [5.41, 5.74) is 1.88. The third-order valence-electron chi connectivity index (χ3n) is 2.39. The van der Waals surface area contributed by atoms with E-state index in [9.17, 15) is 4.79 Å². The van der Waals surface area contributed by atoms with Gasteiger partial charge in [0.15, 0.2) is 5.16 Å². The lowest BCUT2D eigenvalue weighted by Gasteiger charge is -2.10. The molecule has 0 saturated carbocycles.